The molecule has 3 rings (SSSR count). The molecule has 6 nitrogen and oxygen atoms in total. The number of anilines is 1. The third-order valence-corrected chi connectivity index (χ3v) is 6.42. The van der Waals surface area contributed by atoms with E-state index in [1.165, 1.54) is 35.4 Å². The molecule has 0 saturated carbocycles. The van der Waals surface area contributed by atoms with Gasteiger partial charge in [-0.05, 0) is 72.2 Å². The lowest BCUT2D eigenvalue weighted by Crippen LogP contribution is -2.12. The Labute approximate surface area is 194 Å². The summed E-state index contributed by atoms with van der Waals surface area (Å²) in [6, 6.07) is 23.5. The number of hydrogen-bond acceptors (Lipinski definition) is 4. The molecule has 2 unspecified atom stereocenters. The van der Waals surface area contributed by atoms with E-state index in [9.17, 15) is 13.2 Å². The van der Waals surface area contributed by atoms with Crippen LogP contribution in [-0.2, 0) is 10.1 Å². The highest BCUT2D eigenvalue weighted by Gasteiger charge is 2.16. The predicted molar refractivity (Wildman–Crippen MR) is 128 cm³/mol. The molecule has 0 radical (unpaired) electrons. The molecule has 2 atom stereocenters. The Bertz CT molecular complexity index is 1120. The lowest BCUT2D eigenvalue weighted by Gasteiger charge is -2.21. The molecule has 0 aliphatic carbocycles. The number of rotatable bonds is 8. The quantitative estimate of drug-likeness (QED) is 0.288. The van der Waals surface area contributed by atoms with Crippen LogP contribution in [0, 0.1) is 0 Å². The first-order chi connectivity index (χ1) is 15.8. The highest BCUT2D eigenvalue weighted by Crippen LogP contribution is 2.32. The summed E-state index contributed by atoms with van der Waals surface area (Å²) in [5, 5.41) is 2.73. The van der Waals surface area contributed by atoms with Gasteiger partial charge in [0.2, 0.25) is 0 Å². The standard InChI is InChI=1S/C25H27NO4S.FH2N/c1-3-19(21-7-5-4-6-8-21)17-18(2)20-9-11-22(12-10-20)25(27)26-23-13-15-24(16-14-23)31(28,29)30;1-2/h4-16,18-19H,3,17H2,1-2H3,(H,26,27)(H,28,29,30);2H2. The van der Waals surface area contributed by atoms with Gasteiger partial charge in [-0.1, -0.05) is 56.3 Å². The number of carbonyl (C=O) groups is 1. The van der Waals surface area contributed by atoms with Gasteiger partial charge in [0.15, 0.2) is 0 Å². The number of amides is 1. The highest BCUT2D eigenvalue weighted by molar-refractivity contribution is 7.85. The number of halogens is 1. The van der Waals surface area contributed by atoms with E-state index in [1.807, 2.05) is 18.2 Å². The number of hydrogen-bond donors (Lipinski definition) is 3. The average Bonchev–Trinajstić information content (AvgIpc) is 2.84. The molecule has 1 amide bonds. The van der Waals surface area contributed by atoms with Gasteiger partial charge in [-0.25, -0.2) is 0 Å². The maximum absolute atomic E-state index is 12.5. The number of nitrogens with one attached hydrogen (secondary N) is 1. The van der Waals surface area contributed by atoms with Crippen molar-refractivity contribution in [3.63, 3.8) is 0 Å². The van der Waals surface area contributed by atoms with Gasteiger partial charge in [0.05, 0.1) is 4.90 Å². The fraction of sp³-hybridized carbons (Fsp3) is 0.240. The summed E-state index contributed by atoms with van der Waals surface area (Å²) in [4.78, 5) is 12.3. The number of nitrogens with two attached hydrogens (primary N) is 1. The molecule has 0 fully saturated rings. The minimum absolute atomic E-state index is 0.218. The molecule has 0 aromatic heterocycles. The first-order valence-corrected chi connectivity index (χ1v) is 12.0. The number of carbonyl (C=O) groups excluding carboxylic acids is 1. The zero-order valence-corrected chi connectivity index (χ0v) is 19.4. The SMILES string of the molecule is CCC(CC(C)c1ccc(C(=O)Nc2ccc(S(=O)(=O)O)cc2)cc1)c1ccccc1.NF. The van der Waals surface area contributed by atoms with E-state index in [2.05, 4.69) is 49.4 Å². The second-order valence-electron chi connectivity index (χ2n) is 7.73. The Kier molecular flexibility index (Phi) is 9.72. The molecule has 8 heteroatoms. The van der Waals surface area contributed by atoms with Crippen LogP contribution in [0.3, 0.4) is 0 Å². The van der Waals surface area contributed by atoms with E-state index in [-0.39, 0.29) is 10.8 Å². The van der Waals surface area contributed by atoms with Crippen LogP contribution in [0.4, 0.5) is 10.2 Å². The minimum atomic E-state index is -4.25. The van der Waals surface area contributed by atoms with Gasteiger partial charge in [0.1, 0.15) is 0 Å². The van der Waals surface area contributed by atoms with Crippen molar-refractivity contribution in [1.29, 1.82) is 0 Å². The lowest BCUT2D eigenvalue weighted by molar-refractivity contribution is 0.102. The van der Waals surface area contributed by atoms with Crippen molar-refractivity contribution in [2.45, 2.75) is 43.4 Å². The van der Waals surface area contributed by atoms with Crippen LogP contribution in [0.15, 0.2) is 83.8 Å². The molecule has 33 heavy (non-hydrogen) atoms. The van der Waals surface area contributed by atoms with Crippen LogP contribution < -0.4 is 11.3 Å². The Hall–Kier alpha value is -3.07. The summed E-state index contributed by atoms with van der Waals surface area (Å²) < 4.78 is 40.2. The molecule has 3 aromatic carbocycles. The second kappa shape index (κ2) is 12.2. The van der Waals surface area contributed by atoms with Crippen LogP contribution in [0.25, 0.3) is 0 Å². The van der Waals surface area contributed by atoms with E-state index < -0.39 is 10.1 Å². The molecule has 3 aromatic rings. The van der Waals surface area contributed by atoms with Crippen molar-refractivity contribution in [1.82, 2.24) is 0 Å². The Morgan fingerprint density at radius 3 is 2.03 bits per heavy atom. The molecule has 0 saturated heterocycles. The third-order valence-electron chi connectivity index (χ3n) is 5.55. The van der Waals surface area contributed by atoms with Gasteiger partial charge < -0.3 is 5.32 Å². The summed E-state index contributed by atoms with van der Waals surface area (Å²) in [6.45, 7) is 4.41. The fourth-order valence-electron chi connectivity index (χ4n) is 3.70. The first-order valence-electron chi connectivity index (χ1n) is 10.5. The maximum Gasteiger partial charge on any atom is 0.294 e. The van der Waals surface area contributed by atoms with Gasteiger partial charge in [-0.2, -0.15) is 14.4 Å². The van der Waals surface area contributed by atoms with Crippen LogP contribution in [0.1, 0.15) is 60.0 Å². The molecule has 0 heterocycles. The van der Waals surface area contributed by atoms with Crippen LogP contribution in [0.5, 0.6) is 0 Å². The van der Waals surface area contributed by atoms with E-state index in [1.54, 1.807) is 12.1 Å². The zero-order valence-electron chi connectivity index (χ0n) is 18.6. The van der Waals surface area contributed by atoms with E-state index in [0.29, 0.717) is 23.1 Å². The van der Waals surface area contributed by atoms with Gasteiger partial charge in [-0.3, -0.25) is 9.35 Å². The van der Waals surface area contributed by atoms with Gasteiger partial charge >= 0.3 is 0 Å². The van der Waals surface area contributed by atoms with Gasteiger partial charge in [0, 0.05) is 11.3 Å². The summed E-state index contributed by atoms with van der Waals surface area (Å²) >= 11 is 0. The first kappa shape index (κ1) is 26.2. The molecule has 0 aliphatic heterocycles. The smallest absolute Gasteiger partial charge is 0.294 e. The Balaban J connectivity index is 0.00000187. The summed E-state index contributed by atoms with van der Waals surface area (Å²) in [5.74, 6) is 3.56. The molecule has 0 bridgehead atoms. The second-order valence-corrected chi connectivity index (χ2v) is 9.15. The zero-order chi connectivity index (χ0) is 24.4. The van der Waals surface area contributed by atoms with Crippen molar-refractivity contribution in [2.75, 3.05) is 5.32 Å². The van der Waals surface area contributed by atoms with E-state index in [0.717, 1.165) is 12.8 Å². The van der Waals surface area contributed by atoms with Crippen molar-refractivity contribution in [3.8, 4) is 0 Å². The van der Waals surface area contributed by atoms with Crippen LogP contribution >= 0.6 is 0 Å². The molecular formula is C25H29FN2O4S. The van der Waals surface area contributed by atoms with Crippen LogP contribution in [-0.4, -0.2) is 18.9 Å². The summed E-state index contributed by atoms with van der Waals surface area (Å²) in [6.07, 6.45) is 2.11. The third kappa shape index (κ3) is 7.49. The van der Waals surface area contributed by atoms with Gasteiger partial charge in [0.25, 0.3) is 16.0 Å². The molecular weight excluding hydrogens is 443 g/mol. The monoisotopic (exact) mass is 472 g/mol. The number of benzene rings is 3. The fourth-order valence-corrected chi connectivity index (χ4v) is 4.18. The summed E-state index contributed by atoms with van der Waals surface area (Å²) in [5.41, 5.74) is 3.50. The van der Waals surface area contributed by atoms with Gasteiger partial charge in [-0.15, -0.1) is 4.48 Å². The molecule has 0 aliphatic rings. The van der Waals surface area contributed by atoms with Crippen molar-refractivity contribution < 1.29 is 22.2 Å². The largest absolute Gasteiger partial charge is 0.322 e. The Morgan fingerprint density at radius 2 is 1.52 bits per heavy atom. The lowest BCUT2D eigenvalue weighted by atomic mass is 9.84. The molecule has 0 spiro atoms. The predicted octanol–water partition coefficient (Wildman–Crippen LogP) is 5.70. The molecule has 4 N–H and O–H groups in total. The van der Waals surface area contributed by atoms with Crippen molar-refractivity contribution >= 4 is 21.7 Å². The average molecular weight is 473 g/mol. The topological polar surface area (TPSA) is 109 Å². The van der Waals surface area contributed by atoms with Crippen molar-refractivity contribution in [2.24, 2.45) is 5.96 Å². The van der Waals surface area contributed by atoms with Crippen molar-refractivity contribution in [3.05, 3.63) is 95.6 Å². The Morgan fingerprint density at radius 1 is 0.939 bits per heavy atom. The van der Waals surface area contributed by atoms with Crippen LogP contribution in [0.2, 0.25) is 0 Å². The summed E-state index contributed by atoms with van der Waals surface area (Å²) in [7, 11) is -4.25. The highest BCUT2D eigenvalue weighted by atomic mass is 32.2. The normalized spacial score (nSPS) is 12.8. The minimum Gasteiger partial charge on any atom is -0.322 e. The van der Waals surface area contributed by atoms with E-state index in [4.69, 9.17) is 9.03 Å². The maximum atomic E-state index is 12.5. The van der Waals surface area contributed by atoms with E-state index >= 15 is 0 Å². The molecule has 176 valence electrons.